The van der Waals surface area contributed by atoms with Crippen LogP contribution < -0.4 is 5.32 Å². The lowest BCUT2D eigenvalue weighted by Crippen LogP contribution is -2.04. The fourth-order valence-electron chi connectivity index (χ4n) is 2.45. The molecule has 0 saturated heterocycles. The molecular weight excluding hydrogens is 258 g/mol. The van der Waals surface area contributed by atoms with Gasteiger partial charge >= 0.3 is 0 Å². The molecule has 1 heterocycles. The second kappa shape index (κ2) is 6.79. The van der Waals surface area contributed by atoms with Crippen LogP contribution in [0.4, 0.5) is 5.69 Å². The number of aromatic nitrogens is 2. The van der Waals surface area contributed by atoms with Crippen molar-refractivity contribution in [2.45, 2.75) is 59.5 Å². The molecule has 0 spiro atoms. The van der Waals surface area contributed by atoms with Crippen molar-refractivity contribution in [3.63, 3.8) is 0 Å². The summed E-state index contributed by atoms with van der Waals surface area (Å²) in [7, 11) is 0. The van der Waals surface area contributed by atoms with E-state index in [1.165, 1.54) is 22.4 Å². The van der Waals surface area contributed by atoms with Crippen LogP contribution in [-0.2, 0) is 13.1 Å². The monoisotopic (exact) mass is 285 g/mol. The van der Waals surface area contributed by atoms with Crippen molar-refractivity contribution in [1.82, 2.24) is 9.78 Å². The summed E-state index contributed by atoms with van der Waals surface area (Å²) >= 11 is 0. The molecular formula is C18H27N3. The van der Waals surface area contributed by atoms with Crippen LogP contribution in [0, 0.1) is 0 Å². The lowest BCUT2D eigenvalue weighted by atomic mass is 9.94. The zero-order chi connectivity index (χ0) is 15.4. The first-order chi connectivity index (χ1) is 10.0. The zero-order valence-corrected chi connectivity index (χ0v) is 13.9. The maximum atomic E-state index is 4.32. The molecule has 0 amide bonds. The second-order valence-electron chi connectivity index (χ2n) is 6.21. The number of aryl methyl sites for hydroxylation is 1. The van der Waals surface area contributed by atoms with Crippen molar-refractivity contribution in [3.8, 4) is 0 Å². The summed E-state index contributed by atoms with van der Waals surface area (Å²) in [6.45, 7) is 12.8. The highest BCUT2D eigenvalue weighted by Crippen LogP contribution is 2.28. The van der Waals surface area contributed by atoms with Gasteiger partial charge < -0.3 is 5.32 Å². The SMILES string of the molecule is CCn1cc(CNc2ccc(C(C)C)cc2C(C)C)cn1. The van der Waals surface area contributed by atoms with Gasteiger partial charge in [0.2, 0.25) is 0 Å². The Labute approximate surface area is 128 Å². The molecule has 21 heavy (non-hydrogen) atoms. The van der Waals surface area contributed by atoms with Crippen LogP contribution in [0.2, 0.25) is 0 Å². The third-order valence-electron chi connectivity index (χ3n) is 3.86. The van der Waals surface area contributed by atoms with Crippen LogP contribution in [0.3, 0.4) is 0 Å². The van der Waals surface area contributed by atoms with E-state index in [4.69, 9.17) is 0 Å². The molecule has 1 N–H and O–H groups in total. The average Bonchev–Trinajstić information content (AvgIpc) is 2.92. The van der Waals surface area contributed by atoms with E-state index in [-0.39, 0.29) is 0 Å². The van der Waals surface area contributed by atoms with E-state index >= 15 is 0 Å². The molecule has 0 bridgehead atoms. The number of benzene rings is 1. The highest BCUT2D eigenvalue weighted by Gasteiger charge is 2.10. The summed E-state index contributed by atoms with van der Waals surface area (Å²) in [5.41, 5.74) is 5.25. The highest BCUT2D eigenvalue weighted by atomic mass is 15.3. The van der Waals surface area contributed by atoms with E-state index in [1.54, 1.807) is 0 Å². The molecule has 2 aromatic rings. The van der Waals surface area contributed by atoms with Gasteiger partial charge in [-0.1, -0.05) is 39.8 Å². The topological polar surface area (TPSA) is 29.9 Å². The van der Waals surface area contributed by atoms with Crippen molar-refractivity contribution >= 4 is 5.69 Å². The standard InChI is InChI=1S/C18H27N3/c1-6-21-12-15(11-20-21)10-19-18-8-7-16(13(2)3)9-17(18)14(4)5/h7-9,11-14,19H,6,10H2,1-5H3. The Morgan fingerprint density at radius 1 is 1.14 bits per heavy atom. The molecule has 0 atom stereocenters. The lowest BCUT2D eigenvalue weighted by Gasteiger charge is -2.17. The third kappa shape index (κ3) is 3.87. The van der Waals surface area contributed by atoms with Crippen molar-refractivity contribution in [1.29, 1.82) is 0 Å². The van der Waals surface area contributed by atoms with E-state index < -0.39 is 0 Å². The number of nitrogens with zero attached hydrogens (tertiary/aromatic N) is 2. The first-order valence-corrected chi connectivity index (χ1v) is 7.90. The molecule has 0 aliphatic carbocycles. The van der Waals surface area contributed by atoms with Gasteiger partial charge in [0, 0.05) is 30.5 Å². The molecule has 0 unspecified atom stereocenters. The molecule has 3 heteroatoms. The Bertz CT molecular complexity index is 582. The molecule has 1 aromatic carbocycles. The minimum Gasteiger partial charge on any atom is -0.381 e. The Hall–Kier alpha value is -1.77. The lowest BCUT2D eigenvalue weighted by molar-refractivity contribution is 0.659. The van der Waals surface area contributed by atoms with Gasteiger partial charge in [0.1, 0.15) is 0 Å². The molecule has 0 aliphatic heterocycles. The predicted molar refractivity (Wildman–Crippen MR) is 89.8 cm³/mol. The summed E-state index contributed by atoms with van der Waals surface area (Å²) in [5, 5.41) is 7.88. The molecule has 0 fully saturated rings. The Morgan fingerprint density at radius 2 is 1.90 bits per heavy atom. The molecule has 0 aliphatic rings. The first kappa shape index (κ1) is 15.6. The fourth-order valence-corrected chi connectivity index (χ4v) is 2.45. The number of rotatable bonds is 6. The fraction of sp³-hybridized carbons (Fsp3) is 0.500. The molecule has 3 nitrogen and oxygen atoms in total. The van der Waals surface area contributed by atoms with Crippen molar-refractivity contribution in [2.75, 3.05) is 5.32 Å². The minimum atomic E-state index is 0.518. The molecule has 114 valence electrons. The van der Waals surface area contributed by atoms with Crippen LogP contribution >= 0.6 is 0 Å². The normalized spacial score (nSPS) is 11.4. The first-order valence-electron chi connectivity index (χ1n) is 7.90. The van der Waals surface area contributed by atoms with Crippen molar-refractivity contribution in [3.05, 3.63) is 47.3 Å². The summed E-state index contributed by atoms with van der Waals surface area (Å²) in [6.07, 6.45) is 4.04. The minimum absolute atomic E-state index is 0.518. The van der Waals surface area contributed by atoms with E-state index in [1.807, 2.05) is 10.9 Å². The quantitative estimate of drug-likeness (QED) is 0.829. The van der Waals surface area contributed by atoms with Crippen LogP contribution in [0.5, 0.6) is 0 Å². The maximum absolute atomic E-state index is 4.32. The van der Waals surface area contributed by atoms with E-state index in [0.717, 1.165) is 13.1 Å². The predicted octanol–water partition coefficient (Wildman–Crippen LogP) is 4.76. The highest BCUT2D eigenvalue weighted by molar-refractivity contribution is 5.54. The van der Waals surface area contributed by atoms with Gasteiger partial charge in [-0.2, -0.15) is 5.10 Å². The molecule has 0 saturated carbocycles. The van der Waals surface area contributed by atoms with Crippen molar-refractivity contribution < 1.29 is 0 Å². The molecule has 2 rings (SSSR count). The van der Waals surface area contributed by atoms with Gasteiger partial charge in [-0.15, -0.1) is 0 Å². The zero-order valence-electron chi connectivity index (χ0n) is 13.9. The Balaban J connectivity index is 2.15. The summed E-state index contributed by atoms with van der Waals surface area (Å²) < 4.78 is 1.96. The Morgan fingerprint density at radius 3 is 2.48 bits per heavy atom. The third-order valence-corrected chi connectivity index (χ3v) is 3.86. The second-order valence-corrected chi connectivity index (χ2v) is 6.21. The van der Waals surface area contributed by atoms with Gasteiger partial charge in [0.05, 0.1) is 6.20 Å². The smallest absolute Gasteiger partial charge is 0.0539 e. The Kier molecular flexibility index (Phi) is 5.05. The van der Waals surface area contributed by atoms with E-state index in [9.17, 15) is 0 Å². The number of hydrogen-bond donors (Lipinski definition) is 1. The van der Waals surface area contributed by atoms with Crippen LogP contribution in [0.25, 0.3) is 0 Å². The van der Waals surface area contributed by atoms with Crippen LogP contribution in [0.1, 0.15) is 63.1 Å². The average molecular weight is 285 g/mol. The van der Waals surface area contributed by atoms with E-state index in [0.29, 0.717) is 11.8 Å². The van der Waals surface area contributed by atoms with Gasteiger partial charge in [-0.25, -0.2) is 0 Å². The number of anilines is 1. The van der Waals surface area contributed by atoms with Crippen LogP contribution in [-0.4, -0.2) is 9.78 Å². The largest absolute Gasteiger partial charge is 0.381 e. The van der Waals surface area contributed by atoms with Gasteiger partial charge in [-0.05, 0) is 36.0 Å². The molecule has 0 radical (unpaired) electrons. The van der Waals surface area contributed by atoms with Gasteiger partial charge in [0.25, 0.3) is 0 Å². The van der Waals surface area contributed by atoms with Crippen LogP contribution in [0.15, 0.2) is 30.6 Å². The van der Waals surface area contributed by atoms with E-state index in [2.05, 4.69) is 69.4 Å². The molecule has 1 aromatic heterocycles. The summed E-state index contributed by atoms with van der Waals surface area (Å²) in [4.78, 5) is 0. The summed E-state index contributed by atoms with van der Waals surface area (Å²) in [6, 6.07) is 6.79. The number of hydrogen-bond acceptors (Lipinski definition) is 2. The maximum Gasteiger partial charge on any atom is 0.0539 e. The number of nitrogens with one attached hydrogen (secondary N) is 1. The van der Waals surface area contributed by atoms with Gasteiger partial charge in [-0.3, -0.25) is 4.68 Å². The van der Waals surface area contributed by atoms with Gasteiger partial charge in [0.15, 0.2) is 0 Å². The summed E-state index contributed by atoms with van der Waals surface area (Å²) in [5.74, 6) is 1.09. The van der Waals surface area contributed by atoms with Crippen molar-refractivity contribution in [2.24, 2.45) is 0 Å².